The van der Waals surface area contributed by atoms with Crippen molar-refractivity contribution in [1.82, 2.24) is 0 Å². The first-order valence-corrected chi connectivity index (χ1v) is 3.46. The molecule has 0 aliphatic carbocycles. The molecular formula is C3H5BrF5ILi2. The van der Waals surface area contributed by atoms with Crippen molar-refractivity contribution in [3.05, 3.63) is 0 Å². The van der Waals surface area contributed by atoms with E-state index >= 15 is 0 Å². The van der Waals surface area contributed by atoms with Crippen molar-refractivity contribution in [3.8, 4) is 0 Å². The Hall–Kier alpha value is 2.05. The van der Waals surface area contributed by atoms with E-state index in [1.165, 1.54) is 0 Å². The summed E-state index contributed by atoms with van der Waals surface area (Å²) in [5, 5.41) is 0. The van der Waals surface area contributed by atoms with Gasteiger partial charge in [0.2, 0.25) is 0 Å². The molecule has 0 spiro atoms. The van der Waals surface area contributed by atoms with Crippen LogP contribution in [-0.2, 0) is 0 Å². The fourth-order valence-electron chi connectivity index (χ4n) is 0. The van der Waals surface area contributed by atoms with Gasteiger partial charge in [-0.1, -0.05) is 0 Å². The van der Waals surface area contributed by atoms with Crippen LogP contribution in [0.15, 0.2) is 0 Å². The second-order valence-electron chi connectivity index (χ2n) is 0.996. The molecule has 0 N–H and O–H groups in total. The summed E-state index contributed by atoms with van der Waals surface area (Å²) < 4.78 is 50.0. The first-order chi connectivity index (χ1) is 4.25. The second-order valence-corrected chi connectivity index (χ2v) is 2.35. The minimum absolute atomic E-state index is 0. The number of hydrogen-bond donors (Lipinski definition) is 0. The van der Waals surface area contributed by atoms with Crippen LogP contribution in [0.1, 0.15) is 0 Å². The van der Waals surface area contributed by atoms with E-state index in [1.807, 2.05) is 23.3 Å². The summed E-state index contributed by atoms with van der Waals surface area (Å²) >= 11 is 2.03. The fraction of sp³-hybridized carbons (Fsp3) is 1.00. The molecule has 0 aromatic heterocycles. The zero-order valence-corrected chi connectivity index (χ0v) is 9.55. The predicted molar refractivity (Wildman–Crippen MR) is 54.1 cm³/mol. The van der Waals surface area contributed by atoms with Crippen LogP contribution in [0.4, 0.5) is 22.0 Å². The van der Waals surface area contributed by atoms with Crippen LogP contribution in [0, 0.1) is 0 Å². The molecule has 0 unspecified atom stereocenters. The van der Waals surface area contributed by atoms with Crippen LogP contribution >= 0.6 is 39.6 Å². The van der Waals surface area contributed by atoms with Crippen LogP contribution < -0.4 is 0 Å². The Bertz CT molecular complexity index is 79.7. The van der Waals surface area contributed by atoms with Gasteiger partial charge in [-0.2, -0.15) is 22.0 Å². The van der Waals surface area contributed by atoms with Crippen LogP contribution in [0.3, 0.4) is 0 Å². The third-order valence-electron chi connectivity index (χ3n) is 0.321. The Morgan fingerprint density at radius 3 is 1.08 bits per heavy atom. The second kappa shape index (κ2) is 9.60. The molecule has 0 atom stereocenters. The Morgan fingerprint density at radius 2 is 1.08 bits per heavy atom. The molecule has 0 bridgehead atoms. The molecule has 0 aliphatic rings. The quantitative estimate of drug-likeness (QED) is 0.271. The van der Waals surface area contributed by atoms with Crippen molar-refractivity contribution in [2.24, 2.45) is 0 Å². The third kappa shape index (κ3) is 12.1. The molecule has 9 heteroatoms. The first-order valence-electron chi connectivity index (χ1n) is 2.38. The molecule has 0 aromatic carbocycles. The van der Waals surface area contributed by atoms with Crippen LogP contribution in [0.25, 0.3) is 0 Å². The number of alkyl halides is 6. The van der Waals surface area contributed by atoms with Crippen molar-refractivity contribution < 1.29 is 22.0 Å². The van der Waals surface area contributed by atoms with E-state index in [0.717, 1.165) is 0 Å². The summed E-state index contributed by atoms with van der Waals surface area (Å²) in [6, 6.07) is 0. The standard InChI is InChI=1S/C2F5I.CH3.BrH.2Li.H/c3-1(4,5)2(6,7)8;;;;;/h;1H3;1H;;;. The van der Waals surface area contributed by atoms with Gasteiger partial charge in [-0.3, -0.25) is 0 Å². The average Bonchev–Trinajstić information content (AvgIpc) is 1.66. The molecule has 0 radical (unpaired) electrons. The van der Waals surface area contributed by atoms with Crippen molar-refractivity contribution in [2.75, 3.05) is 0 Å². The van der Waals surface area contributed by atoms with Crippen molar-refractivity contribution in [1.29, 1.82) is 0 Å². The minimum atomic E-state index is -5.41. The van der Waals surface area contributed by atoms with Gasteiger partial charge in [-0.25, -0.2) is 0 Å². The van der Waals surface area contributed by atoms with Crippen molar-refractivity contribution >= 4 is 76.1 Å². The number of hydrogen-bond acceptors (Lipinski definition) is 0. The zero-order chi connectivity index (χ0) is 9.00. The fourth-order valence-corrected chi connectivity index (χ4v) is 0. The molecule has 0 aromatic rings. The van der Waals surface area contributed by atoms with Gasteiger partial charge in [0.25, 0.3) is 0 Å². The Labute approximate surface area is 113 Å². The number of rotatable bonds is 0. The molecular weight excluding hydrogens is 352 g/mol. The summed E-state index contributed by atoms with van der Waals surface area (Å²) in [4.78, 5) is 0. The molecule has 68 valence electrons. The molecule has 0 saturated carbocycles. The summed E-state index contributed by atoms with van der Waals surface area (Å²) in [5.41, 5.74) is 2.00. The summed E-state index contributed by atoms with van der Waals surface area (Å²) in [6.07, 6.45) is -5.41. The molecule has 0 rings (SSSR count). The molecule has 0 heterocycles. The van der Waals surface area contributed by atoms with E-state index < -0.39 is 10.1 Å². The monoisotopic (exact) mass is 356 g/mol. The Kier molecular flexibility index (Phi) is 19.0. The van der Waals surface area contributed by atoms with Gasteiger partial charge in [0.15, 0.2) is 0 Å². The van der Waals surface area contributed by atoms with Crippen LogP contribution in [0.2, 0.25) is 5.60 Å². The van der Waals surface area contributed by atoms with Crippen molar-refractivity contribution in [2.45, 2.75) is 15.7 Å². The van der Waals surface area contributed by atoms with Gasteiger partial charge in [-0.15, -0.1) is 17.0 Å². The zero-order valence-electron chi connectivity index (χ0n) is 5.68. The SMILES string of the molecule is Br.FC(F)(F)C(F)(F)I.[LiH].[Li][CH3]. The molecule has 12 heavy (non-hydrogen) atoms. The average molecular weight is 357 g/mol. The van der Waals surface area contributed by atoms with Gasteiger partial charge < -0.3 is 0 Å². The number of halogens is 7. The summed E-state index contributed by atoms with van der Waals surface area (Å²) in [6.45, 7) is 0. The van der Waals surface area contributed by atoms with Gasteiger partial charge in [0, 0.05) is 22.6 Å². The molecule has 0 nitrogen and oxygen atoms in total. The third-order valence-corrected chi connectivity index (χ3v) is 0.933. The van der Waals surface area contributed by atoms with Gasteiger partial charge in [0.1, 0.15) is 0 Å². The van der Waals surface area contributed by atoms with Gasteiger partial charge >= 0.3 is 52.3 Å². The van der Waals surface area contributed by atoms with Crippen LogP contribution in [0.5, 0.6) is 0 Å². The first kappa shape index (κ1) is 23.7. The van der Waals surface area contributed by atoms with Crippen molar-refractivity contribution in [3.63, 3.8) is 0 Å². The maximum absolute atomic E-state index is 11.1. The van der Waals surface area contributed by atoms with Gasteiger partial charge in [-0.05, 0) is 0 Å². The molecule has 0 saturated heterocycles. The van der Waals surface area contributed by atoms with E-state index in [9.17, 15) is 22.0 Å². The van der Waals surface area contributed by atoms with E-state index in [0.29, 0.717) is 0 Å². The van der Waals surface area contributed by atoms with E-state index in [2.05, 4.69) is 0 Å². The molecule has 0 amide bonds. The van der Waals surface area contributed by atoms with E-state index in [-0.39, 0.29) is 58.4 Å². The predicted octanol–water partition coefficient (Wildman–Crippen LogP) is 2.71. The van der Waals surface area contributed by atoms with E-state index in [4.69, 9.17) is 0 Å². The van der Waals surface area contributed by atoms with Gasteiger partial charge in [0.05, 0.1) is 0 Å². The Morgan fingerprint density at radius 1 is 1.00 bits per heavy atom. The molecule has 0 fully saturated rings. The summed E-state index contributed by atoms with van der Waals surface area (Å²) in [7, 11) is 0. The van der Waals surface area contributed by atoms with E-state index in [1.54, 1.807) is 0 Å². The Balaban J connectivity index is -0.0000000740. The van der Waals surface area contributed by atoms with Crippen LogP contribution in [-0.4, -0.2) is 46.7 Å². The normalized spacial score (nSPS) is 10.1. The summed E-state index contributed by atoms with van der Waals surface area (Å²) in [5.74, 6) is 0. The maximum atomic E-state index is 11.1. The topological polar surface area (TPSA) is 0 Å². The molecule has 0 aliphatic heterocycles.